The van der Waals surface area contributed by atoms with E-state index in [-0.39, 0.29) is 12.0 Å². The number of amides is 1. The smallest absolute Gasteiger partial charge is 0.221 e. The van der Waals surface area contributed by atoms with Crippen LogP contribution in [-0.4, -0.2) is 24.6 Å². The Labute approximate surface area is 100 Å². The maximum Gasteiger partial charge on any atom is 0.221 e. The van der Waals surface area contributed by atoms with Gasteiger partial charge in [0.05, 0.1) is 12.2 Å². The molecule has 0 aliphatic carbocycles. The molecule has 3 atom stereocenters. The van der Waals surface area contributed by atoms with E-state index < -0.39 is 0 Å². The fourth-order valence-electron chi connectivity index (χ4n) is 2.64. The Bertz CT molecular complexity index is 430. The number of nitrogens with one attached hydrogen (secondary N) is 2. The third-order valence-electron chi connectivity index (χ3n) is 3.39. The number of ether oxygens (including phenoxy) is 1. The lowest BCUT2D eigenvalue weighted by Gasteiger charge is -2.23. The molecule has 2 saturated heterocycles. The molecule has 4 heteroatoms. The summed E-state index contributed by atoms with van der Waals surface area (Å²) in [5.41, 5.74) is 2.01. The Balaban J connectivity index is 1.74. The summed E-state index contributed by atoms with van der Waals surface area (Å²) in [6.07, 6.45) is 1.65. The average Bonchev–Trinajstić information content (AvgIpc) is 2.91. The zero-order valence-electron chi connectivity index (χ0n) is 9.77. The maximum absolute atomic E-state index is 10.9. The lowest BCUT2D eigenvalue weighted by atomic mass is 10.0. The number of carbonyl (C=O) groups excluding carboxylic acids is 1. The normalized spacial score (nSPS) is 30.5. The number of hydrogen-bond acceptors (Lipinski definition) is 3. The molecule has 0 spiro atoms. The summed E-state index contributed by atoms with van der Waals surface area (Å²) in [7, 11) is 0. The number of carbonyl (C=O) groups is 1. The highest BCUT2D eigenvalue weighted by Crippen LogP contribution is 2.36. The van der Waals surface area contributed by atoms with Gasteiger partial charge < -0.3 is 15.4 Å². The number of rotatable bonds is 2. The van der Waals surface area contributed by atoms with Gasteiger partial charge in [-0.05, 0) is 24.1 Å². The summed E-state index contributed by atoms with van der Waals surface area (Å²) in [5.74, 6) is -0.0458. The van der Waals surface area contributed by atoms with Crippen LogP contribution >= 0.6 is 0 Å². The van der Waals surface area contributed by atoms with E-state index in [1.54, 1.807) is 0 Å². The molecule has 3 rings (SSSR count). The zero-order chi connectivity index (χ0) is 11.8. The van der Waals surface area contributed by atoms with Crippen LogP contribution in [0, 0.1) is 0 Å². The van der Waals surface area contributed by atoms with Crippen LogP contribution in [0.3, 0.4) is 0 Å². The first-order valence-corrected chi connectivity index (χ1v) is 5.99. The predicted octanol–water partition coefficient (Wildman–Crippen LogP) is 1.45. The molecule has 3 unspecified atom stereocenters. The van der Waals surface area contributed by atoms with Gasteiger partial charge in [-0.15, -0.1) is 0 Å². The highest BCUT2D eigenvalue weighted by Gasteiger charge is 2.41. The van der Waals surface area contributed by atoms with Crippen LogP contribution in [0.2, 0.25) is 0 Å². The summed E-state index contributed by atoms with van der Waals surface area (Å²) in [5, 5.41) is 6.22. The van der Waals surface area contributed by atoms with Crippen LogP contribution < -0.4 is 10.6 Å². The lowest BCUT2D eigenvalue weighted by Crippen LogP contribution is -2.33. The van der Waals surface area contributed by atoms with Crippen molar-refractivity contribution < 1.29 is 9.53 Å². The summed E-state index contributed by atoms with van der Waals surface area (Å²) < 4.78 is 5.92. The molecule has 1 amide bonds. The third kappa shape index (κ3) is 2.06. The maximum atomic E-state index is 10.9. The van der Waals surface area contributed by atoms with Gasteiger partial charge in [-0.2, -0.15) is 0 Å². The molecular weight excluding hydrogens is 216 g/mol. The summed E-state index contributed by atoms with van der Waals surface area (Å²) in [4.78, 5) is 10.9. The van der Waals surface area contributed by atoms with Gasteiger partial charge in [0.1, 0.15) is 0 Å². The van der Waals surface area contributed by atoms with Crippen molar-refractivity contribution >= 4 is 11.6 Å². The van der Waals surface area contributed by atoms with E-state index in [1.165, 1.54) is 12.5 Å². The first-order chi connectivity index (χ1) is 8.22. The van der Waals surface area contributed by atoms with Gasteiger partial charge in [0.2, 0.25) is 5.91 Å². The number of fused-ring (bicyclic) bond motifs is 2. The molecule has 0 aromatic heterocycles. The van der Waals surface area contributed by atoms with E-state index in [0.717, 1.165) is 18.7 Å². The SMILES string of the molecule is CC(=O)Nc1ccc(C2OC3CNC2C3)cc1. The fourth-order valence-corrected chi connectivity index (χ4v) is 2.64. The zero-order valence-corrected chi connectivity index (χ0v) is 9.77. The average molecular weight is 232 g/mol. The number of anilines is 1. The van der Waals surface area contributed by atoms with Crippen LogP contribution in [0.5, 0.6) is 0 Å². The number of hydrogen-bond donors (Lipinski definition) is 2. The molecule has 0 saturated carbocycles. The van der Waals surface area contributed by atoms with Gasteiger partial charge >= 0.3 is 0 Å². The van der Waals surface area contributed by atoms with E-state index in [0.29, 0.717) is 12.1 Å². The Morgan fingerprint density at radius 1 is 1.41 bits per heavy atom. The van der Waals surface area contributed by atoms with Gasteiger partial charge in [0.25, 0.3) is 0 Å². The van der Waals surface area contributed by atoms with Gasteiger partial charge in [-0.25, -0.2) is 0 Å². The summed E-state index contributed by atoms with van der Waals surface area (Å²) >= 11 is 0. The van der Waals surface area contributed by atoms with Crippen molar-refractivity contribution in [2.75, 3.05) is 11.9 Å². The second-order valence-electron chi connectivity index (χ2n) is 4.73. The van der Waals surface area contributed by atoms with Crippen molar-refractivity contribution in [2.24, 2.45) is 0 Å². The van der Waals surface area contributed by atoms with Crippen molar-refractivity contribution in [1.29, 1.82) is 0 Å². The van der Waals surface area contributed by atoms with Gasteiger partial charge in [0.15, 0.2) is 0 Å². The fraction of sp³-hybridized carbons (Fsp3) is 0.462. The van der Waals surface area contributed by atoms with Crippen molar-refractivity contribution in [3.63, 3.8) is 0 Å². The van der Waals surface area contributed by atoms with Crippen molar-refractivity contribution in [2.45, 2.75) is 31.6 Å². The van der Waals surface area contributed by atoms with E-state index >= 15 is 0 Å². The standard InChI is InChI=1S/C13H16N2O2/c1-8(16)15-10-4-2-9(3-5-10)13-12-6-11(17-13)7-14-12/h2-5,11-14H,6-7H2,1H3,(H,15,16). The molecule has 2 bridgehead atoms. The van der Waals surface area contributed by atoms with Gasteiger partial charge in [0, 0.05) is 25.2 Å². The monoisotopic (exact) mass is 232 g/mol. The molecule has 90 valence electrons. The molecule has 2 fully saturated rings. The van der Waals surface area contributed by atoms with Crippen molar-refractivity contribution in [3.8, 4) is 0 Å². The minimum Gasteiger partial charge on any atom is -0.367 e. The summed E-state index contributed by atoms with van der Waals surface area (Å²) in [6, 6.07) is 8.35. The van der Waals surface area contributed by atoms with Gasteiger partial charge in [-0.3, -0.25) is 4.79 Å². The first kappa shape index (κ1) is 10.7. The molecule has 2 N–H and O–H groups in total. The van der Waals surface area contributed by atoms with Crippen LogP contribution in [0.1, 0.15) is 25.0 Å². The quantitative estimate of drug-likeness (QED) is 0.811. The molecule has 2 aliphatic heterocycles. The minimum atomic E-state index is -0.0458. The molecule has 2 heterocycles. The molecule has 17 heavy (non-hydrogen) atoms. The number of morpholine rings is 1. The van der Waals surface area contributed by atoms with Crippen LogP contribution in [0.15, 0.2) is 24.3 Å². The Kier molecular flexibility index (Phi) is 2.61. The lowest BCUT2D eigenvalue weighted by molar-refractivity contribution is -0.114. The Morgan fingerprint density at radius 3 is 2.71 bits per heavy atom. The second-order valence-corrected chi connectivity index (χ2v) is 4.73. The van der Waals surface area contributed by atoms with E-state index in [1.807, 2.05) is 24.3 Å². The topological polar surface area (TPSA) is 50.4 Å². The van der Waals surface area contributed by atoms with Crippen molar-refractivity contribution in [1.82, 2.24) is 5.32 Å². The highest BCUT2D eigenvalue weighted by atomic mass is 16.5. The van der Waals surface area contributed by atoms with Crippen LogP contribution in [-0.2, 0) is 9.53 Å². The van der Waals surface area contributed by atoms with E-state index in [2.05, 4.69) is 10.6 Å². The third-order valence-corrected chi connectivity index (χ3v) is 3.39. The van der Waals surface area contributed by atoms with Crippen molar-refractivity contribution in [3.05, 3.63) is 29.8 Å². The molecule has 2 aliphatic rings. The van der Waals surface area contributed by atoms with Crippen LogP contribution in [0.25, 0.3) is 0 Å². The summed E-state index contributed by atoms with van der Waals surface area (Å²) in [6.45, 7) is 2.49. The Morgan fingerprint density at radius 2 is 2.18 bits per heavy atom. The highest BCUT2D eigenvalue weighted by molar-refractivity contribution is 5.88. The Hall–Kier alpha value is -1.39. The second kappa shape index (κ2) is 4.13. The molecule has 1 aromatic carbocycles. The largest absolute Gasteiger partial charge is 0.367 e. The molecule has 1 aromatic rings. The molecular formula is C13H16N2O2. The predicted molar refractivity (Wildman–Crippen MR) is 64.8 cm³/mol. The van der Waals surface area contributed by atoms with E-state index in [9.17, 15) is 4.79 Å². The minimum absolute atomic E-state index is 0.0458. The molecule has 4 nitrogen and oxygen atoms in total. The number of benzene rings is 1. The van der Waals surface area contributed by atoms with E-state index in [4.69, 9.17) is 4.74 Å². The molecule has 0 radical (unpaired) electrons. The van der Waals surface area contributed by atoms with Gasteiger partial charge in [-0.1, -0.05) is 12.1 Å². The van der Waals surface area contributed by atoms with Crippen LogP contribution in [0.4, 0.5) is 5.69 Å². The first-order valence-electron chi connectivity index (χ1n) is 5.99.